The molecular weight excluding hydrogens is 220 g/mol. The lowest BCUT2D eigenvalue weighted by molar-refractivity contribution is -0.531. The zero-order valence-electron chi connectivity index (χ0n) is 9.76. The van der Waals surface area contributed by atoms with Gasteiger partial charge in [0.25, 0.3) is 0 Å². The molecule has 1 N–H and O–H groups in total. The summed E-state index contributed by atoms with van der Waals surface area (Å²) in [6, 6.07) is 6.73. The summed E-state index contributed by atoms with van der Waals surface area (Å²) >= 11 is 0. The maximum absolute atomic E-state index is 11.0. The summed E-state index contributed by atoms with van der Waals surface area (Å²) in [5.74, 6) is 0.766. The van der Waals surface area contributed by atoms with Crippen molar-refractivity contribution in [3.05, 3.63) is 39.9 Å². The third-order valence-electron chi connectivity index (χ3n) is 3.17. The molecule has 0 saturated carbocycles. The van der Waals surface area contributed by atoms with Crippen LogP contribution in [0.25, 0.3) is 0 Å². The van der Waals surface area contributed by atoms with E-state index in [0.29, 0.717) is 6.42 Å². The van der Waals surface area contributed by atoms with Crippen molar-refractivity contribution in [1.82, 2.24) is 5.32 Å². The Labute approximate surface area is 99.9 Å². The van der Waals surface area contributed by atoms with E-state index in [4.69, 9.17) is 4.74 Å². The topological polar surface area (TPSA) is 64.4 Å². The molecule has 0 aliphatic carbocycles. The summed E-state index contributed by atoms with van der Waals surface area (Å²) in [6.45, 7) is 0.834. The molecule has 92 valence electrons. The zero-order chi connectivity index (χ0) is 12.3. The highest BCUT2D eigenvalue weighted by Gasteiger charge is 2.34. The fourth-order valence-electron chi connectivity index (χ4n) is 2.25. The highest BCUT2D eigenvalue weighted by atomic mass is 16.6. The molecule has 5 heteroatoms. The average molecular weight is 236 g/mol. The molecule has 2 atom stereocenters. The molecule has 17 heavy (non-hydrogen) atoms. The van der Waals surface area contributed by atoms with Crippen molar-refractivity contribution in [1.29, 1.82) is 0 Å². The first-order valence-corrected chi connectivity index (χ1v) is 5.73. The van der Waals surface area contributed by atoms with Crippen molar-refractivity contribution in [3.63, 3.8) is 0 Å². The molecule has 1 aliphatic rings. The van der Waals surface area contributed by atoms with E-state index in [-0.39, 0.29) is 11.0 Å². The first-order valence-electron chi connectivity index (χ1n) is 5.73. The standard InChI is InChI=1S/C12H16N2O3/c1-17-10-6-4-9(5-7-10)12-11(14(15)16)3-2-8-13-12/h4-7,11-13H,2-3,8H2,1H3/t11-,12+/m1/s1. The number of methoxy groups -OCH3 is 1. The molecule has 1 fully saturated rings. The monoisotopic (exact) mass is 236 g/mol. The predicted molar refractivity (Wildman–Crippen MR) is 63.8 cm³/mol. The van der Waals surface area contributed by atoms with Gasteiger partial charge in [0.1, 0.15) is 11.8 Å². The molecule has 0 aromatic heterocycles. The van der Waals surface area contributed by atoms with E-state index in [2.05, 4.69) is 5.32 Å². The van der Waals surface area contributed by atoms with Crippen LogP contribution in [0.15, 0.2) is 24.3 Å². The lowest BCUT2D eigenvalue weighted by atomic mass is 9.93. The van der Waals surface area contributed by atoms with E-state index >= 15 is 0 Å². The molecule has 1 aromatic carbocycles. The average Bonchev–Trinajstić information content (AvgIpc) is 2.39. The molecule has 2 rings (SSSR count). The number of rotatable bonds is 3. The van der Waals surface area contributed by atoms with Gasteiger partial charge in [0.15, 0.2) is 0 Å². The highest BCUT2D eigenvalue weighted by Crippen LogP contribution is 2.26. The summed E-state index contributed by atoms with van der Waals surface area (Å²) in [4.78, 5) is 10.8. The van der Waals surface area contributed by atoms with Gasteiger partial charge >= 0.3 is 0 Å². The normalized spacial score (nSPS) is 24.3. The Hall–Kier alpha value is -1.62. The minimum Gasteiger partial charge on any atom is -0.497 e. The zero-order valence-corrected chi connectivity index (χ0v) is 9.76. The first kappa shape index (κ1) is 11.9. The Morgan fingerprint density at radius 1 is 1.41 bits per heavy atom. The van der Waals surface area contributed by atoms with Crippen LogP contribution in [-0.2, 0) is 0 Å². The number of benzene rings is 1. The smallest absolute Gasteiger partial charge is 0.232 e. The van der Waals surface area contributed by atoms with E-state index in [1.165, 1.54) is 0 Å². The summed E-state index contributed by atoms with van der Waals surface area (Å²) < 4.78 is 5.08. The molecule has 0 amide bonds. The Kier molecular flexibility index (Phi) is 3.58. The molecule has 1 saturated heterocycles. The fourth-order valence-corrected chi connectivity index (χ4v) is 2.25. The van der Waals surface area contributed by atoms with E-state index in [0.717, 1.165) is 24.3 Å². The van der Waals surface area contributed by atoms with E-state index < -0.39 is 6.04 Å². The van der Waals surface area contributed by atoms with Crippen LogP contribution in [0.1, 0.15) is 24.4 Å². The van der Waals surface area contributed by atoms with Crippen molar-refractivity contribution in [2.45, 2.75) is 24.9 Å². The largest absolute Gasteiger partial charge is 0.497 e. The van der Waals surface area contributed by atoms with Crippen molar-refractivity contribution in [2.24, 2.45) is 0 Å². The molecule has 1 aromatic rings. The molecule has 0 radical (unpaired) electrons. The lowest BCUT2D eigenvalue weighted by Gasteiger charge is -2.27. The minimum atomic E-state index is -0.530. The molecule has 0 spiro atoms. The third-order valence-corrected chi connectivity index (χ3v) is 3.17. The second-order valence-electron chi connectivity index (χ2n) is 4.20. The number of piperidine rings is 1. The van der Waals surface area contributed by atoms with E-state index in [1.54, 1.807) is 7.11 Å². The SMILES string of the molecule is COc1ccc([C@@H]2NCCC[C@H]2[N+](=O)[O-])cc1. The van der Waals surface area contributed by atoms with Crippen LogP contribution in [-0.4, -0.2) is 24.6 Å². The summed E-state index contributed by atoms with van der Waals surface area (Å²) in [7, 11) is 1.60. The number of ether oxygens (including phenoxy) is 1. The quantitative estimate of drug-likeness (QED) is 0.641. The Bertz CT molecular complexity index is 391. The number of hydrogen-bond donors (Lipinski definition) is 1. The van der Waals surface area contributed by atoms with Crippen molar-refractivity contribution >= 4 is 0 Å². The Morgan fingerprint density at radius 3 is 2.71 bits per heavy atom. The molecule has 0 unspecified atom stereocenters. The van der Waals surface area contributed by atoms with Crippen LogP contribution in [0, 0.1) is 10.1 Å². The molecule has 1 heterocycles. The lowest BCUT2D eigenvalue weighted by Crippen LogP contribution is -2.41. The van der Waals surface area contributed by atoms with Crippen LogP contribution in [0.5, 0.6) is 5.75 Å². The van der Waals surface area contributed by atoms with Crippen LogP contribution < -0.4 is 10.1 Å². The van der Waals surface area contributed by atoms with Gasteiger partial charge < -0.3 is 10.1 Å². The van der Waals surface area contributed by atoms with Gasteiger partial charge in [0.05, 0.1) is 7.11 Å². The van der Waals surface area contributed by atoms with Crippen molar-refractivity contribution < 1.29 is 9.66 Å². The van der Waals surface area contributed by atoms with Gasteiger partial charge in [0.2, 0.25) is 6.04 Å². The number of nitro groups is 1. The maximum Gasteiger partial charge on any atom is 0.232 e. The molecule has 1 aliphatic heterocycles. The summed E-state index contributed by atoms with van der Waals surface area (Å²) in [6.07, 6.45) is 1.50. The first-order chi connectivity index (χ1) is 8.22. The third kappa shape index (κ3) is 2.55. The summed E-state index contributed by atoms with van der Waals surface area (Å²) in [5, 5.41) is 14.2. The van der Waals surface area contributed by atoms with Gasteiger partial charge in [-0.05, 0) is 30.7 Å². The Balaban J connectivity index is 2.20. The number of nitrogens with zero attached hydrogens (tertiary/aromatic N) is 1. The summed E-state index contributed by atoms with van der Waals surface area (Å²) in [5.41, 5.74) is 0.951. The van der Waals surface area contributed by atoms with Gasteiger partial charge in [0, 0.05) is 11.3 Å². The highest BCUT2D eigenvalue weighted by molar-refractivity contribution is 5.29. The van der Waals surface area contributed by atoms with Crippen LogP contribution in [0.4, 0.5) is 0 Å². The van der Waals surface area contributed by atoms with Crippen molar-refractivity contribution in [2.75, 3.05) is 13.7 Å². The van der Waals surface area contributed by atoms with Gasteiger partial charge in [-0.3, -0.25) is 10.1 Å². The number of hydrogen-bond acceptors (Lipinski definition) is 4. The Morgan fingerprint density at radius 2 is 2.12 bits per heavy atom. The van der Waals surface area contributed by atoms with Gasteiger partial charge in [-0.15, -0.1) is 0 Å². The van der Waals surface area contributed by atoms with Crippen LogP contribution in [0.2, 0.25) is 0 Å². The van der Waals surface area contributed by atoms with Gasteiger partial charge in [-0.1, -0.05) is 12.1 Å². The van der Waals surface area contributed by atoms with Crippen LogP contribution >= 0.6 is 0 Å². The molecule has 0 bridgehead atoms. The molecular formula is C12H16N2O3. The molecule has 5 nitrogen and oxygen atoms in total. The minimum absolute atomic E-state index is 0.180. The van der Waals surface area contributed by atoms with Crippen LogP contribution in [0.3, 0.4) is 0 Å². The van der Waals surface area contributed by atoms with E-state index in [1.807, 2.05) is 24.3 Å². The fraction of sp³-hybridized carbons (Fsp3) is 0.500. The van der Waals surface area contributed by atoms with Gasteiger partial charge in [-0.2, -0.15) is 0 Å². The van der Waals surface area contributed by atoms with E-state index in [9.17, 15) is 10.1 Å². The number of nitrogens with one attached hydrogen (secondary N) is 1. The second-order valence-corrected chi connectivity index (χ2v) is 4.20. The predicted octanol–water partition coefficient (Wildman–Crippen LogP) is 1.76. The maximum atomic E-state index is 11.0. The van der Waals surface area contributed by atoms with Gasteiger partial charge in [-0.25, -0.2) is 0 Å². The second kappa shape index (κ2) is 5.14. The van der Waals surface area contributed by atoms with Crippen molar-refractivity contribution in [3.8, 4) is 5.75 Å².